The second kappa shape index (κ2) is 8.92. The van der Waals surface area contributed by atoms with Crippen molar-refractivity contribution in [3.05, 3.63) is 99.4 Å². The summed E-state index contributed by atoms with van der Waals surface area (Å²) in [6, 6.07) is 17.6. The van der Waals surface area contributed by atoms with Gasteiger partial charge in [-0.15, -0.1) is 23.4 Å². The lowest BCUT2D eigenvalue weighted by atomic mass is 9.76. The molecule has 1 aliphatic heterocycles. The molecule has 9 heteroatoms. The number of nitrogens with one attached hydrogen (secondary N) is 1. The van der Waals surface area contributed by atoms with Gasteiger partial charge in [-0.3, -0.25) is 10.1 Å². The van der Waals surface area contributed by atoms with Gasteiger partial charge in [-0.05, 0) is 48.2 Å². The number of alkyl halides is 1. The molecule has 1 fully saturated rings. The Morgan fingerprint density at radius 1 is 1.12 bits per heavy atom. The number of aromatic carboxylic acids is 1. The third-order valence-corrected chi connectivity index (χ3v) is 8.75. The first-order chi connectivity index (χ1) is 16.3. The molecular weight excluding hydrogens is 479 g/mol. The fourth-order valence-corrected chi connectivity index (χ4v) is 7.10. The lowest BCUT2D eigenvalue weighted by molar-refractivity contribution is -0.387. The Balaban J connectivity index is 1.57. The summed E-state index contributed by atoms with van der Waals surface area (Å²) in [5.74, 6) is -1.74. The first-order valence-corrected chi connectivity index (χ1v) is 12.1. The second-order valence-corrected chi connectivity index (χ2v) is 10.3. The van der Waals surface area contributed by atoms with E-state index in [-0.39, 0.29) is 40.2 Å². The Kier molecular flexibility index (Phi) is 5.95. The van der Waals surface area contributed by atoms with Crippen LogP contribution in [-0.4, -0.2) is 26.6 Å². The minimum atomic E-state index is -1.04. The number of rotatable bonds is 5. The summed E-state index contributed by atoms with van der Waals surface area (Å²) in [6.07, 6.45) is 0.582. The van der Waals surface area contributed by atoms with Gasteiger partial charge in [0, 0.05) is 28.5 Å². The highest BCUT2D eigenvalue weighted by Gasteiger charge is 2.51. The SMILES string of the molecule is O=C(O)c1ccc2c(c1)[C@@H]1[C@H](Cl)[C@H](Sc3ccccc3[N+](=O)[O-])C[C@@H]1[C@H](c1ccccc1F)N2. The average molecular weight is 499 g/mol. The van der Waals surface area contributed by atoms with Gasteiger partial charge in [0.15, 0.2) is 0 Å². The highest BCUT2D eigenvalue weighted by atomic mass is 35.5. The van der Waals surface area contributed by atoms with Crippen molar-refractivity contribution in [1.29, 1.82) is 0 Å². The summed E-state index contributed by atoms with van der Waals surface area (Å²) in [4.78, 5) is 23.3. The van der Waals surface area contributed by atoms with Crippen molar-refractivity contribution in [2.75, 3.05) is 5.32 Å². The van der Waals surface area contributed by atoms with Crippen molar-refractivity contribution in [1.82, 2.24) is 0 Å². The minimum Gasteiger partial charge on any atom is -0.478 e. The van der Waals surface area contributed by atoms with E-state index in [1.807, 2.05) is 0 Å². The molecule has 0 amide bonds. The predicted octanol–water partition coefficient (Wildman–Crippen LogP) is 6.47. The molecule has 0 aromatic heterocycles. The van der Waals surface area contributed by atoms with Gasteiger partial charge in [0.25, 0.3) is 5.69 Å². The number of carbonyl (C=O) groups is 1. The normalized spacial score (nSPS) is 25.2. The van der Waals surface area contributed by atoms with Crippen LogP contribution in [0.5, 0.6) is 0 Å². The van der Waals surface area contributed by atoms with Gasteiger partial charge in [-0.1, -0.05) is 30.3 Å². The van der Waals surface area contributed by atoms with Crippen LogP contribution in [0.15, 0.2) is 71.6 Å². The van der Waals surface area contributed by atoms with Crippen molar-refractivity contribution >= 4 is 40.7 Å². The molecule has 5 rings (SSSR count). The first-order valence-electron chi connectivity index (χ1n) is 10.8. The number of fused-ring (bicyclic) bond motifs is 3. The molecule has 174 valence electrons. The Morgan fingerprint density at radius 2 is 1.85 bits per heavy atom. The number of hydrogen-bond donors (Lipinski definition) is 2. The molecule has 6 nitrogen and oxygen atoms in total. The van der Waals surface area contributed by atoms with E-state index in [1.165, 1.54) is 30.0 Å². The monoisotopic (exact) mass is 498 g/mol. The number of benzene rings is 3. The highest BCUT2D eigenvalue weighted by Crippen LogP contribution is 2.58. The van der Waals surface area contributed by atoms with E-state index in [1.54, 1.807) is 48.5 Å². The third-order valence-electron chi connectivity index (χ3n) is 6.64. The lowest BCUT2D eigenvalue weighted by Gasteiger charge is -2.38. The zero-order valence-corrected chi connectivity index (χ0v) is 19.3. The molecule has 2 aliphatic rings. The van der Waals surface area contributed by atoms with Crippen LogP contribution in [0.3, 0.4) is 0 Å². The predicted molar refractivity (Wildman–Crippen MR) is 129 cm³/mol. The second-order valence-electron chi connectivity index (χ2n) is 8.50. The summed E-state index contributed by atoms with van der Waals surface area (Å²) in [6.45, 7) is 0. The number of anilines is 1. The van der Waals surface area contributed by atoms with Crippen molar-refractivity contribution in [3.8, 4) is 0 Å². The molecule has 5 atom stereocenters. The van der Waals surface area contributed by atoms with Gasteiger partial charge in [0.2, 0.25) is 0 Å². The van der Waals surface area contributed by atoms with Crippen LogP contribution in [0.4, 0.5) is 15.8 Å². The quantitative estimate of drug-likeness (QED) is 0.238. The minimum absolute atomic E-state index is 0.0172. The molecule has 0 bridgehead atoms. The summed E-state index contributed by atoms with van der Waals surface area (Å²) < 4.78 is 14.8. The van der Waals surface area contributed by atoms with E-state index in [0.29, 0.717) is 16.9 Å². The molecule has 1 saturated carbocycles. The maximum Gasteiger partial charge on any atom is 0.335 e. The summed E-state index contributed by atoms with van der Waals surface area (Å²) in [7, 11) is 0. The Hall–Kier alpha value is -3.10. The molecule has 3 aromatic rings. The zero-order chi connectivity index (χ0) is 24.0. The number of thioether (sulfide) groups is 1. The Labute approximate surface area is 204 Å². The van der Waals surface area contributed by atoms with E-state index in [0.717, 1.165) is 11.3 Å². The van der Waals surface area contributed by atoms with Crippen molar-refractivity contribution in [2.24, 2.45) is 5.92 Å². The third kappa shape index (κ3) is 3.91. The number of para-hydroxylation sites is 1. The number of nitro benzene ring substituents is 1. The number of nitro groups is 1. The molecule has 1 heterocycles. The summed E-state index contributed by atoms with van der Waals surface area (Å²) >= 11 is 8.38. The Bertz CT molecular complexity index is 1290. The zero-order valence-electron chi connectivity index (χ0n) is 17.7. The van der Waals surface area contributed by atoms with E-state index >= 15 is 0 Å². The van der Waals surface area contributed by atoms with Crippen LogP contribution < -0.4 is 5.32 Å². The number of carboxylic acids is 1. The number of hydrogen-bond acceptors (Lipinski definition) is 5. The van der Waals surface area contributed by atoms with Crippen LogP contribution in [0.1, 0.15) is 39.9 Å². The van der Waals surface area contributed by atoms with Gasteiger partial charge >= 0.3 is 5.97 Å². The van der Waals surface area contributed by atoms with Gasteiger partial charge in [0.1, 0.15) is 5.82 Å². The molecule has 0 spiro atoms. The molecule has 0 saturated heterocycles. The number of nitrogens with zero attached hydrogens (tertiary/aromatic N) is 1. The highest BCUT2D eigenvalue weighted by molar-refractivity contribution is 8.00. The average Bonchev–Trinajstić information content (AvgIpc) is 3.15. The molecule has 2 N–H and O–H groups in total. The molecule has 0 radical (unpaired) electrons. The topological polar surface area (TPSA) is 92.5 Å². The smallest absolute Gasteiger partial charge is 0.335 e. The van der Waals surface area contributed by atoms with Crippen LogP contribution >= 0.6 is 23.4 Å². The van der Waals surface area contributed by atoms with E-state index in [9.17, 15) is 24.4 Å². The maximum atomic E-state index is 14.8. The molecule has 1 aliphatic carbocycles. The van der Waals surface area contributed by atoms with Crippen LogP contribution in [0, 0.1) is 21.8 Å². The number of carboxylic acid groups (broad SMARTS) is 1. The van der Waals surface area contributed by atoms with Gasteiger partial charge in [0.05, 0.1) is 26.8 Å². The fraction of sp³-hybridized carbons (Fsp3) is 0.240. The van der Waals surface area contributed by atoms with E-state index < -0.39 is 16.3 Å². The van der Waals surface area contributed by atoms with Gasteiger partial charge in [-0.25, -0.2) is 9.18 Å². The largest absolute Gasteiger partial charge is 0.478 e. The standard InChI is InChI=1S/C25H20ClFN2O4S/c26-23-21(34-20-8-4-3-7-19(20)29(32)33)12-16-22(23)15-11-13(25(30)31)9-10-18(15)28-24(16)14-5-1-2-6-17(14)27/h1-11,16,21-24,28H,12H2,(H,30,31)/t16-,21+,22-,23+,24-/m0/s1. The molecular formula is C25H20ClFN2O4S. The lowest BCUT2D eigenvalue weighted by Crippen LogP contribution is -2.32. The fourth-order valence-electron chi connectivity index (χ4n) is 5.15. The van der Waals surface area contributed by atoms with Gasteiger partial charge < -0.3 is 10.4 Å². The van der Waals surface area contributed by atoms with E-state index in [2.05, 4.69) is 5.32 Å². The summed E-state index contributed by atoms with van der Waals surface area (Å²) in [5, 5.41) is 23.8. The van der Waals surface area contributed by atoms with Crippen LogP contribution in [-0.2, 0) is 0 Å². The molecule has 34 heavy (non-hydrogen) atoms. The van der Waals surface area contributed by atoms with Crippen LogP contribution in [0.2, 0.25) is 0 Å². The molecule has 0 unspecified atom stereocenters. The van der Waals surface area contributed by atoms with Gasteiger partial charge in [-0.2, -0.15) is 0 Å². The molecule has 3 aromatic carbocycles. The van der Waals surface area contributed by atoms with E-state index in [4.69, 9.17) is 11.6 Å². The van der Waals surface area contributed by atoms with Crippen molar-refractivity contribution in [3.63, 3.8) is 0 Å². The Morgan fingerprint density at radius 3 is 2.59 bits per heavy atom. The van der Waals surface area contributed by atoms with Crippen molar-refractivity contribution in [2.45, 2.75) is 33.9 Å². The number of halogens is 2. The van der Waals surface area contributed by atoms with Crippen LogP contribution in [0.25, 0.3) is 0 Å². The first kappa shape index (κ1) is 22.7. The summed E-state index contributed by atoms with van der Waals surface area (Å²) in [5.41, 5.74) is 2.20. The maximum absolute atomic E-state index is 14.8. The van der Waals surface area contributed by atoms with Crippen molar-refractivity contribution < 1.29 is 19.2 Å².